The third-order valence-electron chi connectivity index (χ3n) is 9.80. The van der Waals surface area contributed by atoms with Gasteiger partial charge in [-0.1, -0.05) is 70.2 Å². The first kappa shape index (κ1) is 29.4. The Morgan fingerprint density at radius 1 is 0.694 bits per heavy atom. The van der Waals surface area contributed by atoms with Crippen molar-refractivity contribution in [3.05, 3.63) is 87.9 Å². The molecule has 9 heteroatoms. The number of benzene rings is 3. The molecule has 1 aliphatic carbocycles. The van der Waals surface area contributed by atoms with Crippen LogP contribution in [0.25, 0.3) is 74.0 Å². The highest BCUT2D eigenvalue weighted by molar-refractivity contribution is 7.25. The molecule has 6 heterocycles. The number of fused-ring (bicyclic) bond motifs is 11. The van der Waals surface area contributed by atoms with Crippen LogP contribution in [0.5, 0.6) is 5.75 Å². The average Bonchev–Trinajstić information content (AvgIpc) is 3.85. The van der Waals surface area contributed by atoms with Crippen molar-refractivity contribution in [1.29, 1.82) is 0 Å². The van der Waals surface area contributed by atoms with Gasteiger partial charge in [0.05, 0.1) is 20.8 Å². The van der Waals surface area contributed by atoms with Gasteiger partial charge in [-0.25, -0.2) is 19.9 Å². The lowest BCUT2D eigenvalue weighted by Gasteiger charge is -2.31. The molecule has 0 saturated heterocycles. The Kier molecular flexibility index (Phi) is 5.99. The average molecular weight is 695 g/mol. The van der Waals surface area contributed by atoms with E-state index in [1.54, 1.807) is 22.7 Å². The molecule has 0 bridgehead atoms. The molecular formula is C40H30N4O2S3. The minimum absolute atomic E-state index is 0.0717. The summed E-state index contributed by atoms with van der Waals surface area (Å²) in [7, 11) is 0. The Balaban J connectivity index is 1.36. The summed E-state index contributed by atoms with van der Waals surface area (Å²) in [6, 6.07) is 20.5. The highest BCUT2D eigenvalue weighted by Crippen LogP contribution is 2.56. The van der Waals surface area contributed by atoms with Gasteiger partial charge in [0, 0.05) is 47.7 Å². The first-order valence-electron chi connectivity index (χ1n) is 16.6. The number of carbonyl (C=O) groups excluding carboxylic acids is 1. The Labute approximate surface area is 294 Å². The second-order valence-corrected chi connectivity index (χ2v) is 17.2. The predicted molar refractivity (Wildman–Crippen MR) is 203 cm³/mol. The fourth-order valence-corrected chi connectivity index (χ4v) is 11.0. The zero-order valence-corrected chi connectivity index (χ0v) is 30.2. The standard InChI is InChI=1S/C40H30N4O2S3/c1-17(2)25-16-23-38(47-25)37-22(40(5,6)46-23)15-26(48-37)28-33-31(41-29-19-11-7-8-12-20(19)36(45)35(29)43-33)27(18(3)4)32-34(28)44-39-30(42-32)21-13-9-10-14-24(21)49-39/h7-18H,1-6H3. The molecule has 0 radical (unpaired) electrons. The van der Waals surface area contributed by atoms with E-state index in [1.165, 1.54) is 9.75 Å². The van der Waals surface area contributed by atoms with Crippen LogP contribution in [-0.2, 0) is 5.60 Å². The molecule has 0 fully saturated rings. The van der Waals surface area contributed by atoms with E-state index in [0.717, 1.165) is 74.7 Å². The van der Waals surface area contributed by atoms with Gasteiger partial charge in [0.25, 0.3) is 0 Å². The lowest BCUT2D eigenvalue weighted by Crippen LogP contribution is -2.27. The highest BCUT2D eigenvalue weighted by atomic mass is 32.1. The van der Waals surface area contributed by atoms with Gasteiger partial charge < -0.3 is 4.74 Å². The molecular weight excluding hydrogens is 665 g/mol. The molecule has 240 valence electrons. The van der Waals surface area contributed by atoms with Crippen molar-refractivity contribution in [2.24, 2.45) is 0 Å². The predicted octanol–water partition coefficient (Wildman–Crippen LogP) is 11.5. The molecule has 0 N–H and O–H groups in total. The van der Waals surface area contributed by atoms with Crippen molar-refractivity contribution in [3.8, 4) is 37.2 Å². The number of hydrogen-bond acceptors (Lipinski definition) is 9. The van der Waals surface area contributed by atoms with Crippen LogP contribution >= 0.6 is 34.0 Å². The van der Waals surface area contributed by atoms with E-state index in [9.17, 15) is 4.79 Å². The van der Waals surface area contributed by atoms with Crippen molar-refractivity contribution in [3.63, 3.8) is 0 Å². The number of ketones is 1. The Hall–Kier alpha value is -4.57. The Morgan fingerprint density at radius 3 is 2.20 bits per heavy atom. The van der Waals surface area contributed by atoms with Crippen molar-refractivity contribution in [1.82, 2.24) is 19.9 Å². The van der Waals surface area contributed by atoms with E-state index in [2.05, 4.69) is 77.9 Å². The topological polar surface area (TPSA) is 77.9 Å². The molecule has 10 rings (SSSR count). The van der Waals surface area contributed by atoms with E-state index < -0.39 is 5.60 Å². The second kappa shape index (κ2) is 10.00. The quantitative estimate of drug-likeness (QED) is 0.171. The van der Waals surface area contributed by atoms with Crippen molar-refractivity contribution in [2.45, 2.75) is 59.0 Å². The maximum atomic E-state index is 13.8. The summed E-state index contributed by atoms with van der Waals surface area (Å²) in [4.78, 5) is 40.9. The third kappa shape index (κ3) is 4.00. The number of nitrogens with zero attached hydrogens (tertiary/aromatic N) is 4. The first-order valence-corrected chi connectivity index (χ1v) is 19.0. The maximum absolute atomic E-state index is 13.8. The molecule has 0 amide bonds. The fourth-order valence-electron chi connectivity index (χ4n) is 7.42. The van der Waals surface area contributed by atoms with Crippen molar-refractivity contribution in [2.75, 3.05) is 0 Å². The minimum atomic E-state index is -0.537. The van der Waals surface area contributed by atoms with E-state index in [1.807, 2.05) is 35.6 Å². The van der Waals surface area contributed by atoms with Gasteiger partial charge in [-0.3, -0.25) is 4.79 Å². The molecule has 0 saturated carbocycles. The molecule has 5 aromatic heterocycles. The lowest BCUT2D eigenvalue weighted by atomic mass is 9.92. The molecule has 0 atom stereocenters. The molecule has 0 unspecified atom stereocenters. The van der Waals surface area contributed by atoms with Crippen LogP contribution in [0.2, 0.25) is 0 Å². The van der Waals surface area contributed by atoms with Gasteiger partial charge in [-0.2, -0.15) is 0 Å². The van der Waals surface area contributed by atoms with Gasteiger partial charge in [0.1, 0.15) is 44.1 Å². The number of ether oxygens (including phenoxy) is 1. The fraction of sp³-hybridized carbons (Fsp3) is 0.225. The molecule has 1 aliphatic heterocycles. The third-order valence-corrected chi connectivity index (χ3v) is 13.6. The van der Waals surface area contributed by atoms with Crippen molar-refractivity contribution >= 4 is 82.3 Å². The van der Waals surface area contributed by atoms with Gasteiger partial charge >= 0.3 is 0 Å². The summed E-state index contributed by atoms with van der Waals surface area (Å²) in [5, 5.41) is 1.10. The van der Waals surface area contributed by atoms with Gasteiger partial charge in [0.15, 0.2) is 0 Å². The first-order chi connectivity index (χ1) is 23.6. The van der Waals surface area contributed by atoms with Crippen LogP contribution in [0.15, 0.2) is 60.7 Å². The van der Waals surface area contributed by atoms with E-state index in [-0.39, 0.29) is 11.7 Å². The maximum Gasteiger partial charge on any atom is 0.214 e. The summed E-state index contributed by atoms with van der Waals surface area (Å²) >= 11 is 5.21. The summed E-state index contributed by atoms with van der Waals surface area (Å²) < 4.78 is 7.82. The van der Waals surface area contributed by atoms with E-state index >= 15 is 0 Å². The molecule has 0 spiro atoms. The number of carbonyl (C=O) groups is 1. The zero-order chi connectivity index (χ0) is 33.5. The lowest BCUT2D eigenvalue weighted by molar-refractivity contribution is 0.103. The number of hydrogen-bond donors (Lipinski definition) is 0. The van der Waals surface area contributed by atoms with Crippen LogP contribution in [0.1, 0.15) is 85.4 Å². The van der Waals surface area contributed by atoms with Crippen LogP contribution in [-0.4, -0.2) is 25.7 Å². The van der Waals surface area contributed by atoms with Crippen molar-refractivity contribution < 1.29 is 9.53 Å². The van der Waals surface area contributed by atoms with Crippen LogP contribution < -0.4 is 4.74 Å². The van der Waals surface area contributed by atoms with Crippen LogP contribution in [0, 0.1) is 0 Å². The largest absolute Gasteiger partial charge is 0.482 e. The number of thiophene rings is 3. The number of aromatic nitrogens is 4. The summed E-state index contributed by atoms with van der Waals surface area (Å²) in [6.45, 7) is 13.1. The minimum Gasteiger partial charge on any atom is -0.482 e. The normalized spacial score (nSPS) is 14.7. The number of rotatable bonds is 3. The van der Waals surface area contributed by atoms with Crippen LogP contribution in [0.3, 0.4) is 0 Å². The summed E-state index contributed by atoms with van der Waals surface area (Å²) in [5.74, 6) is 1.33. The Morgan fingerprint density at radius 2 is 1.41 bits per heavy atom. The Bertz CT molecular complexity index is 2770. The van der Waals surface area contributed by atoms with E-state index in [0.29, 0.717) is 28.4 Å². The smallest absolute Gasteiger partial charge is 0.214 e. The summed E-state index contributed by atoms with van der Waals surface area (Å²) in [6.07, 6.45) is 0. The molecule has 6 nitrogen and oxygen atoms in total. The SMILES string of the molecule is CC(C)c1cc2c(s1)-c1sc(-c3c4nc5c(nc4c(C(C)C)c4nc6c(nc34)sc3ccccc36)-c3ccccc3C5=O)cc1C(C)(C)O2. The second-order valence-electron chi connectivity index (χ2n) is 14.1. The van der Waals surface area contributed by atoms with Gasteiger partial charge in [-0.15, -0.1) is 34.0 Å². The molecule has 49 heavy (non-hydrogen) atoms. The zero-order valence-electron chi connectivity index (χ0n) is 27.8. The van der Waals surface area contributed by atoms with Crippen LogP contribution in [0.4, 0.5) is 0 Å². The molecule has 3 aromatic carbocycles. The highest BCUT2D eigenvalue weighted by Gasteiger charge is 2.38. The van der Waals surface area contributed by atoms with Gasteiger partial charge in [-0.05, 0) is 43.9 Å². The van der Waals surface area contributed by atoms with Gasteiger partial charge in [0.2, 0.25) is 5.78 Å². The summed E-state index contributed by atoms with van der Waals surface area (Å²) in [5.41, 5.74) is 8.97. The molecule has 2 aliphatic rings. The molecule has 8 aromatic rings. The van der Waals surface area contributed by atoms with E-state index in [4.69, 9.17) is 24.7 Å². The monoisotopic (exact) mass is 694 g/mol.